The van der Waals surface area contributed by atoms with Crippen LogP contribution in [0.2, 0.25) is 0 Å². The topological polar surface area (TPSA) is 21.3 Å². The molecule has 1 rings (SSSR count). The average molecular weight is 197 g/mol. The molecular formula is C11H16FNO. The largest absolute Gasteiger partial charge is 0.496 e. The zero-order valence-electron chi connectivity index (χ0n) is 8.64. The fourth-order valence-electron chi connectivity index (χ4n) is 1.29. The Labute approximate surface area is 84.1 Å². The number of benzene rings is 1. The molecule has 0 atom stereocenters. The predicted octanol–water partition coefficient (Wildman–Crippen LogP) is 2.78. The first kappa shape index (κ1) is 10.8. The third-order valence-corrected chi connectivity index (χ3v) is 2.03. The first-order valence-corrected chi connectivity index (χ1v) is 4.72. The van der Waals surface area contributed by atoms with E-state index in [9.17, 15) is 4.39 Å². The van der Waals surface area contributed by atoms with E-state index in [1.54, 1.807) is 7.11 Å². The van der Waals surface area contributed by atoms with Gasteiger partial charge in [-0.05, 0) is 37.1 Å². The third-order valence-electron chi connectivity index (χ3n) is 2.03. The predicted molar refractivity (Wildman–Crippen MR) is 56.8 cm³/mol. The summed E-state index contributed by atoms with van der Waals surface area (Å²) in [5, 5.41) is 3.14. The molecule has 1 aromatic carbocycles. The second-order valence-electron chi connectivity index (χ2n) is 3.15. The zero-order valence-corrected chi connectivity index (χ0v) is 8.64. The molecule has 0 aromatic heterocycles. The lowest BCUT2D eigenvalue weighted by atomic mass is 10.2. The van der Waals surface area contributed by atoms with E-state index in [-0.39, 0.29) is 6.67 Å². The molecular weight excluding hydrogens is 181 g/mol. The normalized spacial score (nSPS) is 9.93. The van der Waals surface area contributed by atoms with Crippen LogP contribution in [0.5, 0.6) is 5.75 Å². The summed E-state index contributed by atoms with van der Waals surface area (Å²) in [6.45, 7) is 2.38. The molecule has 0 spiro atoms. The Bertz CT molecular complexity index is 289. The standard InChI is InChI=1S/C11H16FNO/c1-9-8-10(13-7-3-6-12)4-5-11(9)14-2/h4-5,8,13H,3,6-7H2,1-2H3. The Balaban J connectivity index is 2.57. The van der Waals surface area contributed by atoms with Crippen LogP contribution in [-0.2, 0) is 0 Å². The fraction of sp³-hybridized carbons (Fsp3) is 0.455. The minimum absolute atomic E-state index is 0.276. The van der Waals surface area contributed by atoms with Crippen LogP contribution in [0.25, 0.3) is 0 Å². The number of ether oxygens (including phenoxy) is 1. The summed E-state index contributed by atoms with van der Waals surface area (Å²) >= 11 is 0. The number of anilines is 1. The molecule has 3 heteroatoms. The lowest BCUT2D eigenvalue weighted by Gasteiger charge is -2.08. The van der Waals surface area contributed by atoms with E-state index in [0.717, 1.165) is 17.0 Å². The number of aryl methyl sites for hydroxylation is 1. The van der Waals surface area contributed by atoms with Crippen LogP contribution in [-0.4, -0.2) is 20.3 Å². The molecule has 2 nitrogen and oxygen atoms in total. The van der Waals surface area contributed by atoms with Gasteiger partial charge in [0.1, 0.15) is 5.75 Å². The van der Waals surface area contributed by atoms with Crippen LogP contribution in [0.3, 0.4) is 0 Å². The van der Waals surface area contributed by atoms with Crippen molar-refractivity contribution < 1.29 is 9.13 Å². The van der Waals surface area contributed by atoms with E-state index in [0.29, 0.717) is 13.0 Å². The van der Waals surface area contributed by atoms with E-state index in [1.165, 1.54) is 0 Å². The maximum absolute atomic E-state index is 11.8. The molecule has 14 heavy (non-hydrogen) atoms. The number of nitrogens with one attached hydrogen (secondary N) is 1. The summed E-state index contributed by atoms with van der Waals surface area (Å²) in [5.41, 5.74) is 2.09. The summed E-state index contributed by atoms with van der Waals surface area (Å²) in [6.07, 6.45) is 0.547. The molecule has 78 valence electrons. The molecule has 0 saturated heterocycles. The second-order valence-corrected chi connectivity index (χ2v) is 3.15. The quantitative estimate of drug-likeness (QED) is 0.733. The second kappa shape index (κ2) is 5.47. The van der Waals surface area contributed by atoms with Crippen molar-refractivity contribution in [2.45, 2.75) is 13.3 Å². The van der Waals surface area contributed by atoms with Crippen LogP contribution in [0, 0.1) is 6.92 Å². The van der Waals surface area contributed by atoms with Crippen molar-refractivity contribution in [2.24, 2.45) is 0 Å². The molecule has 1 aromatic rings. The molecule has 0 heterocycles. The third kappa shape index (κ3) is 2.91. The molecule has 0 aliphatic carbocycles. The van der Waals surface area contributed by atoms with Gasteiger partial charge in [-0.2, -0.15) is 0 Å². The molecule has 0 bridgehead atoms. The Morgan fingerprint density at radius 2 is 2.21 bits per heavy atom. The number of halogens is 1. The number of hydrogen-bond acceptors (Lipinski definition) is 2. The summed E-state index contributed by atoms with van der Waals surface area (Å²) in [6, 6.07) is 5.84. The Morgan fingerprint density at radius 3 is 2.79 bits per heavy atom. The van der Waals surface area contributed by atoms with Crippen LogP contribution < -0.4 is 10.1 Å². The highest BCUT2D eigenvalue weighted by Crippen LogP contribution is 2.21. The summed E-state index contributed by atoms with van der Waals surface area (Å²) < 4.78 is 17.0. The molecule has 0 aliphatic rings. The highest BCUT2D eigenvalue weighted by molar-refractivity contribution is 5.50. The summed E-state index contributed by atoms with van der Waals surface area (Å²) in [7, 11) is 1.65. The Morgan fingerprint density at radius 1 is 1.43 bits per heavy atom. The first-order valence-electron chi connectivity index (χ1n) is 4.72. The van der Waals surface area contributed by atoms with Crippen molar-refractivity contribution in [3.63, 3.8) is 0 Å². The molecule has 0 saturated carbocycles. The van der Waals surface area contributed by atoms with Gasteiger partial charge in [-0.3, -0.25) is 4.39 Å². The van der Waals surface area contributed by atoms with Gasteiger partial charge in [0.15, 0.2) is 0 Å². The zero-order chi connectivity index (χ0) is 10.4. The molecule has 0 amide bonds. The van der Waals surface area contributed by atoms with Crippen molar-refractivity contribution in [1.29, 1.82) is 0 Å². The maximum atomic E-state index is 11.8. The number of hydrogen-bond donors (Lipinski definition) is 1. The maximum Gasteiger partial charge on any atom is 0.121 e. The van der Waals surface area contributed by atoms with Crippen LogP contribution in [0.15, 0.2) is 18.2 Å². The van der Waals surface area contributed by atoms with E-state index in [2.05, 4.69) is 5.32 Å². The first-order chi connectivity index (χ1) is 6.77. The van der Waals surface area contributed by atoms with Gasteiger partial charge in [-0.25, -0.2) is 0 Å². The van der Waals surface area contributed by atoms with E-state index in [4.69, 9.17) is 4.74 Å². The van der Waals surface area contributed by atoms with E-state index < -0.39 is 0 Å². The monoisotopic (exact) mass is 197 g/mol. The average Bonchev–Trinajstić information content (AvgIpc) is 2.18. The highest BCUT2D eigenvalue weighted by atomic mass is 19.1. The van der Waals surface area contributed by atoms with Crippen LogP contribution in [0.1, 0.15) is 12.0 Å². The van der Waals surface area contributed by atoms with Crippen molar-refractivity contribution in [3.8, 4) is 5.75 Å². The van der Waals surface area contributed by atoms with Crippen LogP contribution >= 0.6 is 0 Å². The summed E-state index contributed by atoms with van der Waals surface area (Å²) in [5.74, 6) is 0.876. The van der Waals surface area contributed by atoms with Gasteiger partial charge >= 0.3 is 0 Å². The molecule has 0 fully saturated rings. The van der Waals surface area contributed by atoms with Crippen molar-refractivity contribution in [1.82, 2.24) is 0 Å². The summed E-state index contributed by atoms with van der Waals surface area (Å²) in [4.78, 5) is 0. The number of methoxy groups -OCH3 is 1. The van der Waals surface area contributed by atoms with Gasteiger partial charge < -0.3 is 10.1 Å². The minimum Gasteiger partial charge on any atom is -0.496 e. The number of rotatable bonds is 5. The van der Waals surface area contributed by atoms with Gasteiger partial charge in [0.05, 0.1) is 13.8 Å². The van der Waals surface area contributed by atoms with Gasteiger partial charge in [-0.15, -0.1) is 0 Å². The van der Waals surface area contributed by atoms with Crippen molar-refractivity contribution in [2.75, 3.05) is 25.6 Å². The molecule has 1 N–H and O–H groups in total. The number of alkyl halides is 1. The fourth-order valence-corrected chi connectivity index (χ4v) is 1.29. The van der Waals surface area contributed by atoms with Gasteiger partial charge in [0, 0.05) is 12.2 Å². The smallest absolute Gasteiger partial charge is 0.121 e. The molecule has 0 unspecified atom stereocenters. The van der Waals surface area contributed by atoms with E-state index in [1.807, 2.05) is 25.1 Å². The Hall–Kier alpha value is -1.25. The lowest BCUT2D eigenvalue weighted by molar-refractivity contribution is 0.412. The van der Waals surface area contributed by atoms with Crippen molar-refractivity contribution >= 4 is 5.69 Å². The van der Waals surface area contributed by atoms with E-state index >= 15 is 0 Å². The molecule has 0 aliphatic heterocycles. The van der Waals surface area contributed by atoms with Crippen molar-refractivity contribution in [3.05, 3.63) is 23.8 Å². The van der Waals surface area contributed by atoms with Gasteiger partial charge in [0.2, 0.25) is 0 Å². The lowest BCUT2D eigenvalue weighted by Crippen LogP contribution is -2.02. The van der Waals surface area contributed by atoms with Gasteiger partial charge in [0.25, 0.3) is 0 Å². The minimum atomic E-state index is -0.276. The molecule has 0 radical (unpaired) electrons. The van der Waals surface area contributed by atoms with Crippen LogP contribution in [0.4, 0.5) is 10.1 Å². The van der Waals surface area contributed by atoms with Gasteiger partial charge in [-0.1, -0.05) is 0 Å². The highest BCUT2D eigenvalue weighted by Gasteiger charge is 1.98. The SMILES string of the molecule is COc1ccc(NCCCF)cc1C. The Kier molecular flexibility index (Phi) is 4.23.